The van der Waals surface area contributed by atoms with Gasteiger partial charge in [-0.3, -0.25) is 9.59 Å². The number of anilines is 2. The lowest BCUT2D eigenvalue weighted by Gasteiger charge is -2.18. The molecule has 0 aliphatic rings. The minimum Gasteiger partial charge on any atom is -0.497 e. The molecular weight excluding hydrogens is 426 g/mol. The molecule has 0 saturated carbocycles. The summed E-state index contributed by atoms with van der Waals surface area (Å²) >= 11 is 0. The van der Waals surface area contributed by atoms with Crippen LogP contribution >= 0.6 is 0 Å². The Bertz CT molecular complexity index is 1080. The first-order valence-electron chi connectivity index (χ1n) is 8.98. The molecule has 166 valence electrons. The van der Waals surface area contributed by atoms with Crippen molar-refractivity contribution in [3.63, 3.8) is 0 Å². The Morgan fingerprint density at radius 3 is 2.19 bits per heavy atom. The Labute approximate surface area is 180 Å². The van der Waals surface area contributed by atoms with Crippen LogP contribution in [-0.2, 0) is 24.3 Å². The number of esters is 1. The van der Waals surface area contributed by atoms with Gasteiger partial charge in [-0.05, 0) is 42.5 Å². The Hall–Kier alpha value is -3.44. The average molecular weight is 449 g/mol. The largest absolute Gasteiger partial charge is 0.497 e. The zero-order chi connectivity index (χ0) is 23.2. The second-order valence-corrected chi connectivity index (χ2v) is 8.46. The zero-order valence-corrected chi connectivity index (χ0v) is 18.3. The maximum absolute atomic E-state index is 12.7. The van der Waals surface area contributed by atoms with Crippen molar-refractivity contribution >= 4 is 39.2 Å². The highest BCUT2D eigenvalue weighted by atomic mass is 32.2. The maximum Gasteiger partial charge on any atom is 0.340 e. The number of sulfonamides is 1. The molecule has 0 fully saturated rings. The van der Waals surface area contributed by atoms with Gasteiger partial charge in [-0.2, -0.15) is 4.31 Å². The number of rotatable bonds is 8. The molecule has 0 spiro atoms. The number of hydrogen-bond donors (Lipinski definition) is 2. The molecule has 2 amide bonds. The van der Waals surface area contributed by atoms with Crippen molar-refractivity contribution in [2.75, 3.05) is 38.4 Å². The fourth-order valence-corrected chi connectivity index (χ4v) is 3.74. The molecule has 0 aliphatic heterocycles. The maximum atomic E-state index is 12.7. The van der Waals surface area contributed by atoms with Crippen LogP contribution in [0.4, 0.5) is 11.4 Å². The van der Waals surface area contributed by atoms with E-state index in [1.54, 1.807) is 6.07 Å². The van der Waals surface area contributed by atoms with Crippen LogP contribution < -0.4 is 15.4 Å². The van der Waals surface area contributed by atoms with E-state index in [0.29, 0.717) is 11.4 Å². The van der Waals surface area contributed by atoms with Gasteiger partial charge >= 0.3 is 5.97 Å². The third kappa shape index (κ3) is 6.03. The Morgan fingerprint density at radius 1 is 1.00 bits per heavy atom. The van der Waals surface area contributed by atoms with E-state index in [1.165, 1.54) is 64.6 Å². The van der Waals surface area contributed by atoms with E-state index >= 15 is 0 Å². The molecule has 0 heterocycles. The summed E-state index contributed by atoms with van der Waals surface area (Å²) in [6.07, 6.45) is 0. The second kappa shape index (κ2) is 10.0. The highest BCUT2D eigenvalue weighted by Gasteiger charge is 2.24. The van der Waals surface area contributed by atoms with Crippen LogP contribution in [0.5, 0.6) is 5.75 Å². The van der Waals surface area contributed by atoms with E-state index in [1.807, 2.05) is 0 Å². The summed E-state index contributed by atoms with van der Waals surface area (Å²) in [4.78, 5) is 35.5. The van der Waals surface area contributed by atoms with Crippen molar-refractivity contribution in [2.45, 2.75) is 11.8 Å². The number of likely N-dealkylation sites (N-methyl/N-ethyl adjacent to an activating group) is 1. The lowest BCUT2D eigenvalue weighted by molar-refractivity contribution is -0.116. The number of hydrogen-bond acceptors (Lipinski definition) is 7. The molecule has 0 unspecified atom stereocenters. The van der Waals surface area contributed by atoms with Crippen LogP contribution in [-0.4, -0.2) is 58.3 Å². The Balaban J connectivity index is 2.15. The first-order chi connectivity index (χ1) is 14.6. The summed E-state index contributed by atoms with van der Waals surface area (Å²) in [5.41, 5.74) is 0.666. The molecule has 0 aliphatic carbocycles. The zero-order valence-electron chi connectivity index (χ0n) is 17.5. The van der Waals surface area contributed by atoms with Gasteiger partial charge in [0.25, 0.3) is 0 Å². The average Bonchev–Trinajstić information content (AvgIpc) is 2.73. The molecular formula is C20H23N3O7S. The van der Waals surface area contributed by atoms with Gasteiger partial charge < -0.3 is 20.1 Å². The summed E-state index contributed by atoms with van der Waals surface area (Å²) in [6, 6.07) is 9.95. The van der Waals surface area contributed by atoms with Gasteiger partial charge in [0.05, 0.1) is 36.9 Å². The lowest BCUT2D eigenvalue weighted by atomic mass is 10.1. The number of nitrogens with one attached hydrogen (secondary N) is 2. The molecule has 31 heavy (non-hydrogen) atoms. The van der Waals surface area contributed by atoms with Crippen molar-refractivity contribution < 1.29 is 32.3 Å². The van der Waals surface area contributed by atoms with Gasteiger partial charge in [0.15, 0.2) is 0 Å². The standard InChI is InChI=1S/C20H23N3O7S/c1-13(24)21-14-5-8-16(9-6-14)31(27,28)23(2)12-19(25)22-18-10-7-15(29-3)11-17(18)20(26)30-4/h5-11H,12H2,1-4H3,(H,21,24)(H,22,25). The number of ether oxygens (including phenoxy) is 2. The summed E-state index contributed by atoms with van der Waals surface area (Å²) in [5.74, 6) is -1.24. The predicted octanol–water partition coefficient (Wildman–Crippen LogP) is 1.70. The molecule has 0 atom stereocenters. The molecule has 0 radical (unpaired) electrons. The quantitative estimate of drug-likeness (QED) is 0.587. The monoisotopic (exact) mass is 449 g/mol. The number of carbonyl (C=O) groups excluding carboxylic acids is 3. The number of carbonyl (C=O) groups is 3. The van der Waals surface area contributed by atoms with Gasteiger partial charge in [-0.1, -0.05) is 0 Å². The molecule has 2 rings (SSSR count). The number of amides is 2. The lowest BCUT2D eigenvalue weighted by Crippen LogP contribution is -2.35. The third-order valence-corrected chi connectivity index (χ3v) is 5.97. The predicted molar refractivity (Wildman–Crippen MR) is 114 cm³/mol. The SMILES string of the molecule is COC(=O)c1cc(OC)ccc1NC(=O)CN(C)S(=O)(=O)c1ccc(NC(C)=O)cc1. The van der Waals surface area contributed by atoms with E-state index < -0.39 is 28.4 Å². The van der Waals surface area contributed by atoms with Gasteiger partial charge in [0.1, 0.15) is 5.75 Å². The smallest absolute Gasteiger partial charge is 0.340 e. The minimum absolute atomic E-state index is 0.0448. The fourth-order valence-electron chi connectivity index (χ4n) is 2.61. The second-order valence-electron chi connectivity index (χ2n) is 6.42. The summed E-state index contributed by atoms with van der Waals surface area (Å²) in [5, 5.41) is 5.05. The van der Waals surface area contributed by atoms with Gasteiger partial charge in [0, 0.05) is 19.7 Å². The molecule has 11 heteroatoms. The van der Waals surface area contributed by atoms with Crippen molar-refractivity contribution in [3.05, 3.63) is 48.0 Å². The van der Waals surface area contributed by atoms with E-state index in [4.69, 9.17) is 9.47 Å². The van der Waals surface area contributed by atoms with Gasteiger partial charge in [-0.25, -0.2) is 13.2 Å². The fraction of sp³-hybridized carbons (Fsp3) is 0.250. The van der Waals surface area contributed by atoms with E-state index in [9.17, 15) is 22.8 Å². The van der Waals surface area contributed by atoms with Crippen LogP contribution in [0.3, 0.4) is 0 Å². The summed E-state index contributed by atoms with van der Waals surface area (Å²) in [6.45, 7) is 0.841. The van der Waals surface area contributed by atoms with E-state index in [2.05, 4.69) is 10.6 Å². The highest BCUT2D eigenvalue weighted by Crippen LogP contribution is 2.23. The highest BCUT2D eigenvalue weighted by molar-refractivity contribution is 7.89. The van der Waals surface area contributed by atoms with Crippen molar-refractivity contribution in [3.8, 4) is 5.75 Å². The molecule has 0 bridgehead atoms. The normalized spacial score (nSPS) is 11.0. The number of benzene rings is 2. The van der Waals surface area contributed by atoms with E-state index in [-0.39, 0.29) is 22.1 Å². The van der Waals surface area contributed by atoms with Crippen LogP contribution in [0.2, 0.25) is 0 Å². The van der Waals surface area contributed by atoms with E-state index in [0.717, 1.165) is 4.31 Å². The first-order valence-corrected chi connectivity index (χ1v) is 10.4. The van der Waals surface area contributed by atoms with Crippen molar-refractivity contribution in [2.24, 2.45) is 0 Å². The van der Waals surface area contributed by atoms with Gasteiger partial charge in [0.2, 0.25) is 21.8 Å². The molecule has 10 nitrogen and oxygen atoms in total. The third-order valence-electron chi connectivity index (χ3n) is 4.16. The number of methoxy groups -OCH3 is 2. The van der Waals surface area contributed by atoms with Crippen molar-refractivity contribution in [1.29, 1.82) is 0 Å². The first kappa shape index (κ1) is 23.8. The van der Waals surface area contributed by atoms with Crippen LogP contribution in [0, 0.1) is 0 Å². The minimum atomic E-state index is -3.97. The van der Waals surface area contributed by atoms with Gasteiger partial charge in [-0.15, -0.1) is 0 Å². The Morgan fingerprint density at radius 2 is 1.65 bits per heavy atom. The molecule has 2 aromatic carbocycles. The van der Waals surface area contributed by atoms with Crippen LogP contribution in [0.15, 0.2) is 47.4 Å². The summed E-state index contributed by atoms with van der Waals surface area (Å²) in [7, 11) is -0.0822. The Kier molecular flexibility index (Phi) is 7.72. The van der Waals surface area contributed by atoms with Crippen LogP contribution in [0.1, 0.15) is 17.3 Å². The molecule has 0 aromatic heterocycles. The van der Waals surface area contributed by atoms with Crippen LogP contribution in [0.25, 0.3) is 0 Å². The number of nitrogens with zero attached hydrogens (tertiary/aromatic N) is 1. The van der Waals surface area contributed by atoms with Crippen molar-refractivity contribution in [1.82, 2.24) is 4.31 Å². The molecule has 0 saturated heterocycles. The topological polar surface area (TPSA) is 131 Å². The molecule has 2 N–H and O–H groups in total. The summed E-state index contributed by atoms with van der Waals surface area (Å²) < 4.78 is 36.1. The molecule has 2 aromatic rings.